The van der Waals surface area contributed by atoms with Crippen LogP contribution in [0.25, 0.3) is 22.2 Å². The molecule has 1 aliphatic rings. The Hall–Kier alpha value is -3.61. The summed E-state index contributed by atoms with van der Waals surface area (Å²) < 4.78 is 7.93. The van der Waals surface area contributed by atoms with Crippen LogP contribution >= 0.6 is 0 Å². The van der Waals surface area contributed by atoms with Gasteiger partial charge in [0.05, 0.1) is 24.0 Å². The van der Waals surface area contributed by atoms with E-state index in [1.165, 1.54) is 0 Å². The number of hydrogen-bond donors (Lipinski definition) is 2. The van der Waals surface area contributed by atoms with E-state index in [1.807, 2.05) is 59.4 Å². The molecule has 7 heteroatoms. The van der Waals surface area contributed by atoms with Crippen molar-refractivity contribution in [2.75, 3.05) is 0 Å². The summed E-state index contributed by atoms with van der Waals surface area (Å²) in [6.07, 6.45) is 5.02. The van der Waals surface area contributed by atoms with Crippen molar-refractivity contribution in [2.45, 2.75) is 25.4 Å². The molecule has 0 aliphatic carbocycles. The van der Waals surface area contributed by atoms with Crippen molar-refractivity contribution in [3.63, 3.8) is 0 Å². The Morgan fingerprint density at radius 2 is 1.96 bits per heavy atom. The molecule has 0 radical (unpaired) electrons. The quantitative estimate of drug-likeness (QED) is 0.561. The second-order valence-corrected chi connectivity index (χ2v) is 6.95. The number of benzene rings is 2. The summed E-state index contributed by atoms with van der Waals surface area (Å²) in [7, 11) is 0. The van der Waals surface area contributed by atoms with Crippen molar-refractivity contribution in [2.24, 2.45) is 0 Å². The molecule has 1 saturated heterocycles. The lowest BCUT2D eigenvalue weighted by Gasteiger charge is -2.11. The molecule has 0 spiro atoms. The van der Waals surface area contributed by atoms with Crippen LogP contribution in [0.3, 0.4) is 0 Å². The zero-order valence-electron chi connectivity index (χ0n) is 15.1. The van der Waals surface area contributed by atoms with Crippen molar-refractivity contribution < 1.29 is 9.53 Å². The fourth-order valence-corrected chi connectivity index (χ4v) is 3.55. The lowest BCUT2D eigenvalue weighted by molar-refractivity contribution is -0.119. The van der Waals surface area contributed by atoms with E-state index in [0.29, 0.717) is 13.0 Å². The Kier molecular flexibility index (Phi) is 4.05. The zero-order valence-corrected chi connectivity index (χ0v) is 15.1. The Bertz CT molecular complexity index is 1120. The normalized spacial score (nSPS) is 16.4. The third kappa shape index (κ3) is 3.22. The van der Waals surface area contributed by atoms with Gasteiger partial charge in [0.2, 0.25) is 5.91 Å². The first kappa shape index (κ1) is 16.6. The molecule has 2 aromatic heterocycles. The third-order valence-electron chi connectivity index (χ3n) is 4.99. The van der Waals surface area contributed by atoms with Crippen molar-refractivity contribution in [1.82, 2.24) is 25.3 Å². The van der Waals surface area contributed by atoms with Gasteiger partial charge in [0.15, 0.2) is 0 Å². The highest BCUT2D eigenvalue weighted by molar-refractivity contribution is 5.81. The molecule has 1 atom stereocenters. The van der Waals surface area contributed by atoms with E-state index in [2.05, 4.69) is 20.6 Å². The summed E-state index contributed by atoms with van der Waals surface area (Å²) >= 11 is 0. The molecule has 2 N–H and O–H groups in total. The number of carbonyl (C=O) groups excluding carboxylic acids is 1. The second-order valence-electron chi connectivity index (χ2n) is 6.95. The number of H-pyrrole nitrogens is 1. The fraction of sp³-hybridized carbons (Fsp3) is 0.190. The summed E-state index contributed by atoms with van der Waals surface area (Å²) in [4.78, 5) is 11.4. The summed E-state index contributed by atoms with van der Waals surface area (Å²) in [6.45, 7) is 0.685. The minimum Gasteiger partial charge on any atom is -0.457 e. The molecule has 140 valence electrons. The van der Waals surface area contributed by atoms with Crippen LogP contribution in [-0.4, -0.2) is 31.9 Å². The molecule has 0 bridgehead atoms. The lowest BCUT2D eigenvalue weighted by atomic mass is 10.1. The highest BCUT2D eigenvalue weighted by atomic mass is 16.5. The van der Waals surface area contributed by atoms with Crippen LogP contribution in [0.2, 0.25) is 0 Å². The van der Waals surface area contributed by atoms with E-state index in [1.54, 1.807) is 6.20 Å². The average molecular weight is 373 g/mol. The molecule has 28 heavy (non-hydrogen) atoms. The van der Waals surface area contributed by atoms with E-state index in [9.17, 15) is 4.79 Å². The second kappa shape index (κ2) is 6.84. The number of ether oxygens (including phenoxy) is 1. The predicted octanol–water partition coefficient (Wildman–Crippen LogP) is 3.50. The maximum Gasteiger partial charge on any atom is 0.220 e. The molecule has 0 saturated carbocycles. The van der Waals surface area contributed by atoms with Crippen LogP contribution in [-0.2, 0) is 11.3 Å². The number of nitrogens with one attached hydrogen (secondary N) is 2. The number of aromatic amines is 1. The Labute approximate surface area is 161 Å². The van der Waals surface area contributed by atoms with Gasteiger partial charge in [0.25, 0.3) is 0 Å². The zero-order chi connectivity index (χ0) is 18.9. The molecule has 7 nitrogen and oxygen atoms in total. The predicted molar refractivity (Wildman–Crippen MR) is 105 cm³/mol. The molecule has 3 heterocycles. The minimum atomic E-state index is 0.121. The van der Waals surface area contributed by atoms with Gasteiger partial charge in [0.1, 0.15) is 11.5 Å². The summed E-state index contributed by atoms with van der Waals surface area (Å²) in [6, 6.07) is 15.9. The highest BCUT2D eigenvalue weighted by Crippen LogP contribution is 2.28. The van der Waals surface area contributed by atoms with Gasteiger partial charge in [-0.2, -0.15) is 10.2 Å². The van der Waals surface area contributed by atoms with Gasteiger partial charge < -0.3 is 10.1 Å². The van der Waals surface area contributed by atoms with Crippen LogP contribution in [0.4, 0.5) is 0 Å². The van der Waals surface area contributed by atoms with Gasteiger partial charge >= 0.3 is 0 Å². The van der Waals surface area contributed by atoms with Crippen molar-refractivity contribution in [3.8, 4) is 22.8 Å². The molecule has 1 fully saturated rings. The van der Waals surface area contributed by atoms with Gasteiger partial charge in [-0.05, 0) is 60.5 Å². The summed E-state index contributed by atoms with van der Waals surface area (Å²) in [5.41, 5.74) is 3.06. The van der Waals surface area contributed by atoms with Crippen LogP contribution in [0, 0.1) is 0 Å². The van der Waals surface area contributed by atoms with Gasteiger partial charge in [-0.25, -0.2) is 0 Å². The van der Waals surface area contributed by atoms with Gasteiger partial charge in [0, 0.05) is 24.0 Å². The lowest BCUT2D eigenvalue weighted by Crippen LogP contribution is -2.29. The number of amides is 1. The maximum absolute atomic E-state index is 11.4. The molecule has 5 rings (SSSR count). The highest BCUT2D eigenvalue weighted by Gasteiger charge is 2.21. The van der Waals surface area contributed by atoms with Crippen LogP contribution in [0.5, 0.6) is 11.5 Å². The molecule has 0 unspecified atom stereocenters. The van der Waals surface area contributed by atoms with E-state index in [-0.39, 0.29) is 11.9 Å². The van der Waals surface area contributed by atoms with Gasteiger partial charge in [-0.3, -0.25) is 14.6 Å². The van der Waals surface area contributed by atoms with E-state index in [0.717, 1.165) is 40.1 Å². The smallest absolute Gasteiger partial charge is 0.220 e. The maximum atomic E-state index is 11.4. The first-order valence-electron chi connectivity index (χ1n) is 9.27. The molecule has 2 aromatic carbocycles. The average Bonchev–Trinajstić information content (AvgIpc) is 3.45. The number of rotatable bonds is 5. The standard InChI is InChI=1S/C21H19N5O2/c27-21-8-3-16(24-21)13-26-20-7-6-18(11-15(20)12-23-26)28-17-4-1-14(2-5-17)19-9-10-22-25-19/h1-2,4-7,9-12,16H,3,8,13H2,(H,22,25)(H,24,27)/t16-/m0/s1. The first-order valence-corrected chi connectivity index (χ1v) is 9.27. The van der Waals surface area contributed by atoms with Crippen molar-refractivity contribution >= 4 is 16.8 Å². The summed E-state index contributed by atoms with van der Waals surface area (Å²) in [5.74, 6) is 1.65. The number of carbonyl (C=O) groups is 1. The molecule has 1 aliphatic heterocycles. The SMILES string of the molecule is O=C1CC[C@@H](Cn2ncc3cc(Oc4ccc(-c5ccn[nH]5)cc4)ccc32)N1. The van der Waals surface area contributed by atoms with Crippen molar-refractivity contribution in [1.29, 1.82) is 0 Å². The number of hydrogen-bond acceptors (Lipinski definition) is 4. The van der Waals surface area contributed by atoms with E-state index >= 15 is 0 Å². The van der Waals surface area contributed by atoms with E-state index < -0.39 is 0 Å². The van der Waals surface area contributed by atoms with Crippen LogP contribution in [0.15, 0.2) is 60.9 Å². The first-order chi connectivity index (χ1) is 13.7. The van der Waals surface area contributed by atoms with Crippen LogP contribution in [0.1, 0.15) is 12.8 Å². The largest absolute Gasteiger partial charge is 0.457 e. The van der Waals surface area contributed by atoms with Gasteiger partial charge in [-0.15, -0.1) is 0 Å². The third-order valence-corrected chi connectivity index (χ3v) is 4.99. The topological polar surface area (TPSA) is 84.8 Å². The monoisotopic (exact) mass is 373 g/mol. The van der Waals surface area contributed by atoms with Crippen LogP contribution < -0.4 is 10.1 Å². The Morgan fingerprint density at radius 1 is 1.11 bits per heavy atom. The fourth-order valence-electron chi connectivity index (χ4n) is 3.55. The number of nitrogens with zero attached hydrogens (tertiary/aromatic N) is 3. The Balaban J connectivity index is 1.32. The Morgan fingerprint density at radius 3 is 2.71 bits per heavy atom. The van der Waals surface area contributed by atoms with E-state index in [4.69, 9.17) is 4.74 Å². The molecular weight excluding hydrogens is 354 g/mol. The molecular formula is C21H19N5O2. The number of fused-ring (bicyclic) bond motifs is 1. The number of aromatic nitrogens is 4. The molecule has 1 amide bonds. The summed E-state index contributed by atoms with van der Waals surface area (Å²) in [5, 5.41) is 15.4. The van der Waals surface area contributed by atoms with Gasteiger partial charge in [-0.1, -0.05) is 0 Å². The molecule has 4 aromatic rings. The van der Waals surface area contributed by atoms with Crippen molar-refractivity contribution in [3.05, 3.63) is 60.9 Å². The minimum absolute atomic E-state index is 0.121.